The minimum atomic E-state index is -1.02. The monoisotopic (exact) mass is 311 g/mol. The van der Waals surface area contributed by atoms with Crippen molar-refractivity contribution >= 4 is 16.9 Å². The van der Waals surface area contributed by atoms with Gasteiger partial charge in [-0.15, -0.1) is 0 Å². The summed E-state index contributed by atoms with van der Waals surface area (Å²) in [5.74, 6) is -1.02. The quantitative estimate of drug-likeness (QED) is 0.572. The van der Waals surface area contributed by atoms with Crippen LogP contribution >= 0.6 is 0 Å². The molecule has 6 heteroatoms. The zero-order chi connectivity index (χ0) is 16.4. The summed E-state index contributed by atoms with van der Waals surface area (Å²) >= 11 is 0. The number of aliphatic carboxylic acids is 1. The number of carboxylic acids is 1. The molecule has 5 N–H and O–H groups in total. The number of rotatable bonds is 5. The first-order valence-electron chi connectivity index (χ1n) is 7.23. The van der Waals surface area contributed by atoms with Crippen LogP contribution < -0.4 is 5.73 Å². The van der Waals surface area contributed by atoms with Crippen molar-refractivity contribution in [3.63, 3.8) is 0 Å². The Balaban J connectivity index is 2.02. The molecule has 0 fully saturated rings. The van der Waals surface area contributed by atoms with E-state index in [1.54, 1.807) is 12.4 Å². The number of nitrogens with zero attached hydrogens (tertiary/aromatic N) is 1. The van der Waals surface area contributed by atoms with E-state index >= 15 is 0 Å². The van der Waals surface area contributed by atoms with Crippen LogP contribution in [0.4, 0.5) is 0 Å². The Morgan fingerprint density at radius 2 is 2.13 bits per heavy atom. The van der Waals surface area contributed by atoms with Gasteiger partial charge in [0.25, 0.3) is 0 Å². The van der Waals surface area contributed by atoms with E-state index in [1.165, 1.54) is 0 Å². The molecule has 23 heavy (non-hydrogen) atoms. The number of nitrogens with one attached hydrogen (secondary N) is 1. The summed E-state index contributed by atoms with van der Waals surface area (Å²) in [6.07, 6.45) is 3.69. The predicted molar refractivity (Wildman–Crippen MR) is 86.8 cm³/mol. The fourth-order valence-electron chi connectivity index (χ4n) is 2.60. The summed E-state index contributed by atoms with van der Waals surface area (Å²) < 4.78 is 0. The molecule has 0 saturated heterocycles. The molecule has 3 aromatic rings. The molecular formula is C17H17N3O3. The summed E-state index contributed by atoms with van der Waals surface area (Å²) in [5.41, 5.74) is 9.84. The van der Waals surface area contributed by atoms with Crippen LogP contribution in [0, 0.1) is 0 Å². The van der Waals surface area contributed by atoms with Crippen molar-refractivity contribution < 1.29 is 15.0 Å². The molecule has 0 bridgehead atoms. The second-order valence-electron chi connectivity index (χ2n) is 5.40. The maximum absolute atomic E-state index is 10.9. The molecule has 0 saturated carbocycles. The molecule has 1 atom stereocenters. The first-order valence-corrected chi connectivity index (χ1v) is 7.23. The molecule has 2 heterocycles. The zero-order valence-corrected chi connectivity index (χ0v) is 12.4. The number of fused-ring (bicyclic) bond motifs is 1. The number of benzene rings is 1. The van der Waals surface area contributed by atoms with Crippen molar-refractivity contribution in [2.24, 2.45) is 5.73 Å². The molecule has 0 unspecified atom stereocenters. The van der Waals surface area contributed by atoms with Crippen molar-refractivity contribution in [2.45, 2.75) is 19.1 Å². The highest BCUT2D eigenvalue weighted by molar-refractivity contribution is 5.95. The minimum Gasteiger partial charge on any atom is -0.480 e. The van der Waals surface area contributed by atoms with E-state index in [2.05, 4.69) is 9.97 Å². The maximum atomic E-state index is 10.9. The van der Waals surface area contributed by atoms with Gasteiger partial charge in [-0.1, -0.05) is 24.3 Å². The van der Waals surface area contributed by atoms with Crippen LogP contribution in [0.25, 0.3) is 22.2 Å². The first kappa shape index (κ1) is 15.2. The second-order valence-corrected chi connectivity index (χ2v) is 5.40. The van der Waals surface area contributed by atoms with Crippen LogP contribution in [-0.4, -0.2) is 32.2 Å². The maximum Gasteiger partial charge on any atom is 0.320 e. The number of carboxylic acid groups (broad SMARTS) is 1. The zero-order valence-electron chi connectivity index (χ0n) is 12.4. The Bertz CT molecular complexity index is 840. The molecule has 0 aliphatic heterocycles. The SMILES string of the molecule is N[C@@H](Cc1c[nH]c2c(-c3ccc(CO)cn3)cccc12)C(=O)O. The number of aromatic amines is 1. The molecule has 0 aliphatic rings. The van der Waals surface area contributed by atoms with Crippen LogP contribution in [-0.2, 0) is 17.8 Å². The van der Waals surface area contributed by atoms with Gasteiger partial charge < -0.3 is 20.9 Å². The van der Waals surface area contributed by atoms with E-state index in [4.69, 9.17) is 15.9 Å². The number of aliphatic hydroxyl groups excluding tert-OH is 1. The molecule has 118 valence electrons. The Hall–Kier alpha value is -2.70. The lowest BCUT2D eigenvalue weighted by molar-refractivity contribution is -0.138. The average molecular weight is 311 g/mol. The van der Waals surface area contributed by atoms with Gasteiger partial charge in [-0.25, -0.2) is 0 Å². The number of hydrogen-bond donors (Lipinski definition) is 4. The third-order valence-corrected chi connectivity index (χ3v) is 3.84. The largest absolute Gasteiger partial charge is 0.480 e. The van der Waals surface area contributed by atoms with Gasteiger partial charge in [0.1, 0.15) is 6.04 Å². The summed E-state index contributed by atoms with van der Waals surface area (Å²) in [4.78, 5) is 18.5. The molecule has 3 rings (SSSR count). The number of hydrogen-bond acceptors (Lipinski definition) is 4. The highest BCUT2D eigenvalue weighted by Crippen LogP contribution is 2.29. The van der Waals surface area contributed by atoms with Crippen molar-refractivity contribution in [1.82, 2.24) is 9.97 Å². The van der Waals surface area contributed by atoms with Gasteiger partial charge in [-0.3, -0.25) is 9.78 Å². The molecule has 0 aliphatic carbocycles. The lowest BCUT2D eigenvalue weighted by Gasteiger charge is -2.06. The highest BCUT2D eigenvalue weighted by atomic mass is 16.4. The van der Waals surface area contributed by atoms with Crippen molar-refractivity contribution in [1.29, 1.82) is 0 Å². The normalized spacial score (nSPS) is 12.4. The second kappa shape index (κ2) is 6.20. The van der Waals surface area contributed by atoms with Crippen LogP contribution in [0.1, 0.15) is 11.1 Å². The Kier molecular flexibility index (Phi) is 4.10. The number of aliphatic hydroxyl groups is 1. The van der Waals surface area contributed by atoms with Crippen LogP contribution in [0.5, 0.6) is 0 Å². The number of H-pyrrole nitrogens is 1. The Morgan fingerprint density at radius 3 is 2.78 bits per heavy atom. The van der Waals surface area contributed by atoms with E-state index in [1.807, 2.05) is 30.3 Å². The third-order valence-electron chi connectivity index (χ3n) is 3.84. The molecule has 1 aromatic carbocycles. The lowest BCUT2D eigenvalue weighted by atomic mass is 10.0. The summed E-state index contributed by atoms with van der Waals surface area (Å²) in [6, 6.07) is 8.53. The van der Waals surface area contributed by atoms with Crippen LogP contribution in [0.2, 0.25) is 0 Å². The molecular weight excluding hydrogens is 294 g/mol. The van der Waals surface area contributed by atoms with Crippen LogP contribution in [0.3, 0.4) is 0 Å². The van der Waals surface area contributed by atoms with E-state index in [0.717, 1.165) is 33.3 Å². The standard InChI is InChI=1S/C17H17N3O3/c18-14(17(22)23)6-11-8-20-16-12(11)2-1-3-13(16)15-5-4-10(9-21)7-19-15/h1-5,7-8,14,20-21H,6,9,18H2,(H,22,23)/t14-/m0/s1. The van der Waals surface area contributed by atoms with E-state index in [9.17, 15) is 4.79 Å². The molecule has 0 spiro atoms. The van der Waals surface area contributed by atoms with E-state index in [-0.39, 0.29) is 13.0 Å². The van der Waals surface area contributed by atoms with Gasteiger partial charge >= 0.3 is 5.97 Å². The number of aromatic nitrogens is 2. The average Bonchev–Trinajstić information content (AvgIpc) is 2.98. The molecule has 0 amide bonds. The minimum absolute atomic E-state index is 0.0444. The number of para-hydroxylation sites is 1. The van der Waals surface area contributed by atoms with E-state index in [0.29, 0.717) is 0 Å². The third kappa shape index (κ3) is 2.94. The van der Waals surface area contributed by atoms with Gasteiger partial charge in [0.05, 0.1) is 17.8 Å². The topological polar surface area (TPSA) is 112 Å². The number of pyridine rings is 1. The van der Waals surface area contributed by atoms with Gasteiger partial charge in [-0.05, 0) is 17.2 Å². The van der Waals surface area contributed by atoms with Crippen molar-refractivity contribution in [3.8, 4) is 11.3 Å². The number of nitrogens with two attached hydrogens (primary N) is 1. The molecule has 2 aromatic heterocycles. The lowest BCUT2D eigenvalue weighted by Crippen LogP contribution is -2.32. The van der Waals surface area contributed by atoms with Gasteiger partial charge in [0.2, 0.25) is 0 Å². The summed E-state index contributed by atoms with van der Waals surface area (Å²) in [5, 5.41) is 19.0. The molecule has 0 radical (unpaired) electrons. The van der Waals surface area contributed by atoms with Crippen LogP contribution in [0.15, 0.2) is 42.7 Å². The predicted octanol–water partition coefficient (Wildman–Crippen LogP) is 1.68. The highest BCUT2D eigenvalue weighted by Gasteiger charge is 2.16. The fraction of sp³-hybridized carbons (Fsp3) is 0.176. The number of carbonyl (C=O) groups is 1. The Labute approximate surface area is 132 Å². The van der Waals surface area contributed by atoms with Crippen molar-refractivity contribution in [2.75, 3.05) is 0 Å². The Morgan fingerprint density at radius 1 is 1.30 bits per heavy atom. The smallest absolute Gasteiger partial charge is 0.320 e. The van der Waals surface area contributed by atoms with Crippen molar-refractivity contribution in [3.05, 3.63) is 53.9 Å². The van der Waals surface area contributed by atoms with Gasteiger partial charge in [0.15, 0.2) is 0 Å². The fourth-order valence-corrected chi connectivity index (χ4v) is 2.60. The summed E-state index contributed by atoms with van der Waals surface area (Å²) in [7, 11) is 0. The van der Waals surface area contributed by atoms with Gasteiger partial charge in [0, 0.05) is 29.8 Å². The van der Waals surface area contributed by atoms with Gasteiger partial charge in [-0.2, -0.15) is 0 Å². The first-order chi connectivity index (χ1) is 11.1. The van der Waals surface area contributed by atoms with E-state index < -0.39 is 12.0 Å². The molecule has 6 nitrogen and oxygen atoms in total. The summed E-state index contributed by atoms with van der Waals surface area (Å²) in [6.45, 7) is -0.0444.